The molecule has 3 rings (SSSR count). The third-order valence-corrected chi connectivity index (χ3v) is 4.39. The normalized spacial score (nSPS) is 27.8. The van der Waals surface area contributed by atoms with Crippen molar-refractivity contribution in [2.45, 2.75) is 45.4 Å². The Balaban J connectivity index is 2.21. The van der Waals surface area contributed by atoms with Crippen molar-refractivity contribution in [3.63, 3.8) is 0 Å². The van der Waals surface area contributed by atoms with Crippen LogP contribution in [0.1, 0.15) is 58.6 Å². The van der Waals surface area contributed by atoms with Gasteiger partial charge in [0.2, 0.25) is 0 Å². The average molecular weight is 214 g/mol. The summed E-state index contributed by atoms with van der Waals surface area (Å²) in [4.78, 5) is 12.4. The lowest BCUT2D eigenvalue weighted by Crippen LogP contribution is -2.17. The zero-order chi connectivity index (χ0) is 11.3. The lowest BCUT2D eigenvalue weighted by Gasteiger charge is -2.25. The SMILES string of the molecule is Cc1ccc(C)c2c1C(=O)C1CCCCC21. The summed E-state index contributed by atoms with van der Waals surface area (Å²) in [6, 6.07) is 4.28. The van der Waals surface area contributed by atoms with Gasteiger partial charge in [-0.15, -0.1) is 0 Å². The van der Waals surface area contributed by atoms with Gasteiger partial charge in [0.15, 0.2) is 5.78 Å². The lowest BCUT2D eigenvalue weighted by atomic mass is 9.78. The van der Waals surface area contributed by atoms with Crippen molar-refractivity contribution in [1.29, 1.82) is 0 Å². The molecule has 2 aliphatic carbocycles. The van der Waals surface area contributed by atoms with Crippen molar-refractivity contribution in [3.05, 3.63) is 34.4 Å². The number of hydrogen-bond donors (Lipinski definition) is 0. The Morgan fingerprint density at radius 1 is 1.00 bits per heavy atom. The van der Waals surface area contributed by atoms with E-state index in [4.69, 9.17) is 0 Å². The Bertz CT molecular complexity index is 459. The standard InChI is InChI=1S/C15H18O/c1-9-7-8-10(2)14-13(9)11-5-3-4-6-12(11)15(14)16/h7-8,11-12H,3-6H2,1-2H3. The van der Waals surface area contributed by atoms with Crippen LogP contribution in [0.5, 0.6) is 0 Å². The molecule has 0 bridgehead atoms. The predicted molar refractivity (Wildman–Crippen MR) is 64.9 cm³/mol. The van der Waals surface area contributed by atoms with Gasteiger partial charge >= 0.3 is 0 Å². The Labute approximate surface area is 96.9 Å². The molecule has 84 valence electrons. The topological polar surface area (TPSA) is 17.1 Å². The largest absolute Gasteiger partial charge is 0.294 e. The number of benzene rings is 1. The fourth-order valence-electron chi connectivity index (χ4n) is 3.61. The maximum atomic E-state index is 12.4. The van der Waals surface area contributed by atoms with E-state index < -0.39 is 0 Å². The fourth-order valence-corrected chi connectivity index (χ4v) is 3.61. The molecule has 1 aromatic carbocycles. The monoisotopic (exact) mass is 214 g/mol. The van der Waals surface area contributed by atoms with E-state index in [1.165, 1.54) is 36.0 Å². The molecular weight excluding hydrogens is 196 g/mol. The van der Waals surface area contributed by atoms with Crippen molar-refractivity contribution in [2.75, 3.05) is 0 Å². The second-order valence-electron chi connectivity index (χ2n) is 5.35. The van der Waals surface area contributed by atoms with Crippen LogP contribution in [-0.2, 0) is 0 Å². The number of rotatable bonds is 0. The molecular formula is C15H18O. The maximum absolute atomic E-state index is 12.4. The molecule has 0 saturated heterocycles. The Hall–Kier alpha value is -1.11. The van der Waals surface area contributed by atoms with Crippen LogP contribution in [0.4, 0.5) is 0 Å². The van der Waals surface area contributed by atoms with Gasteiger partial charge in [0.05, 0.1) is 0 Å². The van der Waals surface area contributed by atoms with E-state index in [2.05, 4.69) is 26.0 Å². The molecule has 0 aliphatic heterocycles. The van der Waals surface area contributed by atoms with E-state index in [1.807, 2.05) is 0 Å². The maximum Gasteiger partial charge on any atom is 0.167 e. The van der Waals surface area contributed by atoms with Crippen LogP contribution in [0.3, 0.4) is 0 Å². The summed E-state index contributed by atoms with van der Waals surface area (Å²) in [5.74, 6) is 1.28. The van der Waals surface area contributed by atoms with Gasteiger partial charge in [-0.2, -0.15) is 0 Å². The summed E-state index contributed by atoms with van der Waals surface area (Å²) >= 11 is 0. The molecule has 1 aromatic rings. The lowest BCUT2D eigenvalue weighted by molar-refractivity contribution is 0.0897. The number of ketones is 1. The number of carbonyl (C=O) groups excluding carboxylic acids is 1. The van der Waals surface area contributed by atoms with Crippen molar-refractivity contribution in [3.8, 4) is 0 Å². The Kier molecular flexibility index (Phi) is 2.17. The number of Topliss-reactive ketones (excluding diaryl/α,β-unsaturated/α-hetero) is 1. The molecule has 0 amide bonds. The van der Waals surface area contributed by atoms with Crippen LogP contribution < -0.4 is 0 Å². The Morgan fingerprint density at radius 2 is 1.62 bits per heavy atom. The smallest absolute Gasteiger partial charge is 0.167 e. The predicted octanol–water partition coefficient (Wildman–Crippen LogP) is 3.77. The highest BCUT2D eigenvalue weighted by Gasteiger charge is 2.42. The van der Waals surface area contributed by atoms with E-state index in [9.17, 15) is 4.79 Å². The van der Waals surface area contributed by atoms with Crippen molar-refractivity contribution in [1.82, 2.24) is 0 Å². The minimum Gasteiger partial charge on any atom is -0.294 e. The number of aryl methyl sites for hydroxylation is 2. The molecule has 0 radical (unpaired) electrons. The summed E-state index contributed by atoms with van der Waals surface area (Å²) in [5.41, 5.74) is 4.95. The quantitative estimate of drug-likeness (QED) is 0.642. The second kappa shape index (κ2) is 3.44. The average Bonchev–Trinajstić information content (AvgIpc) is 2.60. The molecule has 1 nitrogen and oxygen atoms in total. The first-order valence-corrected chi connectivity index (χ1v) is 6.34. The molecule has 2 unspecified atom stereocenters. The molecule has 0 N–H and O–H groups in total. The highest BCUT2D eigenvalue weighted by atomic mass is 16.1. The molecule has 0 aromatic heterocycles. The van der Waals surface area contributed by atoms with Gasteiger partial charge in [0.25, 0.3) is 0 Å². The Morgan fingerprint density at radius 3 is 2.38 bits per heavy atom. The molecule has 1 fully saturated rings. The van der Waals surface area contributed by atoms with Crippen LogP contribution in [0.25, 0.3) is 0 Å². The molecule has 2 atom stereocenters. The first-order chi connectivity index (χ1) is 7.70. The van der Waals surface area contributed by atoms with E-state index in [-0.39, 0.29) is 0 Å². The first-order valence-electron chi connectivity index (χ1n) is 6.34. The van der Waals surface area contributed by atoms with Gasteiger partial charge in [0.1, 0.15) is 0 Å². The van der Waals surface area contributed by atoms with E-state index in [0.29, 0.717) is 17.6 Å². The number of carbonyl (C=O) groups is 1. The molecule has 0 heterocycles. The number of hydrogen-bond acceptors (Lipinski definition) is 1. The highest BCUT2D eigenvalue weighted by molar-refractivity contribution is 6.04. The van der Waals surface area contributed by atoms with Crippen molar-refractivity contribution < 1.29 is 4.79 Å². The minimum absolute atomic E-state index is 0.309. The van der Waals surface area contributed by atoms with Crippen LogP contribution >= 0.6 is 0 Å². The molecule has 2 aliphatic rings. The highest BCUT2D eigenvalue weighted by Crippen LogP contribution is 2.48. The van der Waals surface area contributed by atoms with E-state index in [0.717, 1.165) is 12.0 Å². The molecule has 16 heavy (non-hydrogen) atoms. The fraction of sp³-hybridized carbons (Fsp3) is 0.533. The van der Waals surface area contributed by atoms with Crippen molar-refractivity contribution in [2.24, 2.45) is 5.92 Å². The summed E-state index contributed by atoms with van der Waals surface area (Å²) in [7, 11) is 0. The van der Waals surface area contributed by atoms with Gasteiger partial charge < -0.3 is 0 Å². The van der Waals surface area contributed by atoms with Gasteiger partial charge in [0, 0.05) is 11.5 Å². The summed E-state index contributed by atoms with van der Waals surface area (Å²) in [6.07, 6.45) is 4.85. The van der Waals surface area contributed by atoms with Gasteiger partial charge in [-0.05, 0) is 49.3 Å². The van der Waals surface area contributed by atoms with Crippen molar-refractivity contribution >= 4 is 5.78 Å². The summed E-state index contributed by atoms with van der Waals surface area (Å²) in [6.45, 7) is 4.23. The molecule has 1 heteroatoms. The van der Waals surface area contributed by atoms with Gasteiger partial charge in [-0.1, -0.05) is 25.0 Å². The third kappa shape index (κ3) is 1.20. The third-order valence-electron chi connectivity index (χ3n) is 4.39. The molecule has 1 saturated carbocycles. The summed E-state index contributed by atoms with van der Waals surface area (Å²) in [5, 5.41) is 0. The molecule has 0 spiro atoms. The first kappa shape index (κ1) is 10.1. The zero-order valence-corrected chi connectivity index (χ0v) is 10.0. The van der Waals surface area contributed by atoms with Crippen LogP contribution in [0.2, 0.25) is 0 Å². The minimum atomic E-state index is 0.309. The zero-order valence-electron chi connectivity index (χ0n) is 10.0. The summed E-state index contributed by atoms with van der Waals surface area (Å²) < 4.78 is 0. The van der Waals surface area contributed by atoms with E-state index in [1.54, 1.807) is 0 Å². The second-order valence-corrected chi connectivity index (χ2v) is 5.35. The van der Waals surface area contributed by atoms with Crippen LogP contribution in [0.15, 0.2) is 12.1 Å². The van der Waals surface area contributed by atoms with Crippen LogP contribution in [-0.4, -0.2) is 5.78 Å². The van der Waals surface area contributed by atoms with Gasteiger partial charge in [-0.25, -0.2) is 0 Å². The number of fused-ring (bicyclic) bond motifs is 3. The van der Waals surface area contributed by atoms with Gasteiger partial charge in [-0.3, -0.25) is 4.79 Å². The van der Waals surface area contributed by atoms with Crippen LogP contribution in [0, 0.1) is 19.8 Å². The van der Waals surface area contributed by atoms with E-state index >= 15 is 0 Å².